The van der Waals surface area contributed by atoms with Gasteiger partial charge in [0.25, 0.3) is 5.91 Å². The van der Waals surface area contributed by atoms with Crippen LogP contribution in [0.25, 0.3) is 0 Å². The van der Waals surface area contributed by atoms with Gasteiger partial charge in [-0.1, -0.05) is 49.6 Å². The highest BCUT2D eigenvalue weighted by Gasteiger charge is 2.54. The predicted molar refractivity (Wildman–Crippen MR) is 93.3 cm³/mol. The normalized spacial score (nSPS) is 27.2. The number of urea groups is 1. The van der Waals surface area contributed by atoms with Crippen LogP contribution in [0.15, 0.2) is 24.3 Å². The minimum atomic E-state index is -0.667. The summed E-state index contributed by atoms with van der Waals surface area (Å²) in [6, 6.07) is 8.08. The van der Waals surface area contributed by atoms with Gasteiger partial charge in [-0.05, 0) is 38.3 Å². The second-order valence-corrected chi connectivity index (χ2v) is 7.42. The number of hydrogen-bond acceptors (Lipinski definition) is 3. The third-order valence-corrected chi connectivity index (χ3v) is 5.46. The lowest BCUT2D eigenvalue weighted by atomic mass is 9.73. The molecule has 1 saturated carbocycles. The van der Waals surface area contributed by atoms with Crippen LogP contribution >= 0.6 is 0 Å². The van der Waals surface area contributed by atoms with Crippen molar-refractivity contribution in [3.63, 3.8) is 0 Å². The molecule has 5 nitrogen and oxygen atoms in total. The smallest absolute Gasteiger partial charge is 0.323 e. The molecular weight excluding hydrogens is 302 g/mol. The van der Waals surface area contributed by atoms with Crippen LogP contribution in [-0.2, 0) is 11.3 Å². The highest BCUT2D eigenvalue weighted by molar-refractivity contribution is 6.07. The van der Waals surface area contributed by atoms with Crippen LogP contribution < -0.4 is 5.32 Å². The Morgan fingerprint density at radius 3 is 2.62 bits per heavy atom. The van der Waals surface area contributed by atoms with Crippen molar-refractivity contribution in [2.24, 2.45) is 5.92 Å². The molecule has 2 fully saturated rings. The van der Waals surface area contributed by atoms with E-state index in [1.54, 1.807) is 0 Å². The lowest BCUT2D eigenvalue weighted by molar-refractivity contribution is -0.135. The summed E-state index contributed by atoms with van der Waals surface area (Å²) in [5.41, 5.74) is 1.74. The molecule has 0 aromatic heterocycles. The zero-order valence-corrected chi connectivity index (χ0v) is 14.8. The van der Waals surface area contributed by atoms with Crippen molar-refractivity contribution in [1.82, 2.24) is 15.1 Å². The van der Waals surface area contributed by atoms with Gasteiger partial charge >= 0.3 is 6.03 Å². The molecule has 0 bridgehead atoms. The number of hydrogen-bond donors (Lipinski definition) is 1. The van der Waals surface area contributed by atoms with Gasteiger partial charge in [-0.25, -0.2) is 9.69 Å². The molecule has 1 spiro atoms. The number of carbonyl (C=O) groups is 2. The molecule has 2 aliphatic rings. The predicted octanol–water partition coefficient (Wildman–Crippen LogP) is 2.89. The second-order valence-electron chi connectivity index (χ2n) is 7.42. The number of nitrogens with zero attached hydrogens (tertiary/aromatic N) is 2. The highest BCUT2D eigenvalue weighted by atomic mass is 16.2. The molecule has 1 aliphatic carbocycles. The maximum Gasteiger partial charge on any atom is 0.326 e. The van der Waals surface area contributed by atoms with Gasteiger partial charge in [0.15, 0.2) is 0 Å². The molecule has 0 radical (unpaired) electrons. The zero-order chi connectivity index (χ0) is 17.3. The van der Waals surface area contributed by atoms with Gasteiger partial charge in [0.1, 0.15) is 5.54 Å². The lowest BCUT2D eigenvalue weighted by Gasteiger charge is -2.37. The van der Waals surface area contributed by atoms with Gasteiger partial charge in [-0.3, -0.25) is 9.69 Å². The van der Waals surface area contributed by atoms with E-state index in [4.69, 9.17) is 0 Å². The van der Waals surface area contributed by atoms with E-state index < -0.39 is 5.54 Å². The quantitative estimate of drug-likeness (QED) is 0.864. The first-order valence-electron chi connectivity index (χ1n) is 8.80. The highest BCUT2D eigenvalue weighted by Crippen LogP contribution is 2.38. The van der Waals surface area contributed by atoms with E-state index in [-0.39, 0.29) is 17.9 Å². The molecule has 1 aromatic rings. The molecule has 5 heteroatoms. The SMILES string of the molecule is Cc1ccc(CN(C)CN2C(=O)N[C@@]3(CCCC[C@H]3C)C2=O)cc1. The molecule has 1 saturated heterocycles. The molecule has 1 aromatic carbocycles. The minimum Gasteiger partial charge on any atom is -0.323 e. The molecule has 0 unspecified atom stereocenters. The Morgan fingerprint density at radius 2 is 1.96 bits per heavy atom. The first kappa shape index (κ1) is 17.0. The van der Waals surface area contributed by atoms with Crippen molar-refractivity contribution in [1.29, 1.82) is 0 Å². The molecule has 1 aliphatic heterocycles. The fraction of sp³-hybridized carbons (Fsp3) is 0.579. The van der Waals surface area contributed by atoms with Crippen molar-refractivity contribution in [3.8, 4) is 0 Å². The average molecular weight is 329 g/mol. The summed E-state index contributed by atoms with van der Waals surface area (Å²) in [5.74, 6) is 0.158. The average Bonchev–Trinajstić information content (AvgIpc) is 2.78. The van der Waals surface area contributed by atoms with Crippen LogP contribution in [0.4, 0.5) is 4.79 Å². The minimum absolute atomic E-state index is 0.0459. The number of imide groups is 1. The Bertz CT molecular complexity index is 628. The summed E-state index contributed by atoms with van der Waals surface area (Å²) in [5, 5.41) is 3.01. The summed E-state index contributed by atoms with van der Waals surface area (Å²) in [4.78, 5) is 28.7. The largest absolute Gasteiger partial charge is 0.326 e. The number of rotatable bonds is 4. The van der Waals surface area contributed by atoms with E-state index in [2.05, 4.69) is 43.4 Å². The fourth-order valence-corrected chi connectivity index (χ4v) is 3.92. The first-order chi connectivity index (χ1) is 11.4. The van der Waals surface area contributed by atoms with Gasteiger partial charge in [-0.15, -0.1) is 0 Å². The number of benzene rings is 1. The number of amides is 3. The molecule has 130 valence electrons. The maximum absolute atomic E-state index is 13.0. The number of nitrogens with one attached hydrogen (secondary N) is 1. The van der Waals surface area contributed by atoms with Gasteiger partial charge in [0.2, 0.25) is 0 Å². The Hall–Kier alpha value is -1.88. The Kier molecular flexibility index (Phi) is 4.63. The summed E-state index contributed by atoms with van der Waals surface area (Å²) < 4.78 is 0. The van der Waals surface area contributed by atoms with E-state index >= 15 is 0 Å². The van der Waals surface area contributed by atoms with Crippen LogP contribution in [0.5, 0.6) is 0 Å². The van der Waals surface area contributed by atoms with Crippen molar-refractivity contribution >= 4 is 11.9 Å². The Labute approximate surface area is 144 Å². The molecule has 24 heavy (non-hydrogen) atoms. The van der Waals surface area contributed by atoms with E-state index in [1.165, 1.54) is 16.0 Å². The Balaban J connectivity index is 1.67. The number of aryl methyl sites for hydroxylation is 1. The fourth-order valence-electron chi connectivity index (χ4n) is 3.92. The molecular formula is C19H27N3O2. The van der Waals surface area contributed by atoms with Crippen LogP contribution in [0.1, 0.15) is 43.7 Å². The van der Waals surface area contributed by atoms with Crippen LogP contribution in [0.2, 0.25) is 0 Å². The van der Waals surface area contributed by atoms with Crippen molar-refractivity contribution < 1.29 is 9.59 Å². The standard InChI is InChI=1S/C19H27N3O2/c1-14-7-9-16(10-8-14)12-21(3)13-22-17(23)19(20-18(22)24)11-5-4-6-15(19)2/h7-10,15H,4-6,11-13H2,1-3H3,(H,20,24)/t15-,19-/m1/s1. The van der Waals surface area contributed by atoms with Crippen LogP contribution in [0.3, 0.4) is 0 Å². The number of carbonyl (C=O) groups excluding carboxylic acids is 2. The van der Waals surface area contributed by atoms with Crippen LogP contribution in [0, 0.1) is 12.8 Å². The van der Waals surface area contributed by atoms with Gasteiger partial charge < -0.3 is 5.32 Å². The summed E-state index contributed by atoms with van der Waals surface area (Å²) in [6.07, 6.45) is 3.90. The molecule has 3 amide bonds. The van der Waals surface area contributed by atoms with E-state index in [0.717, 1.165) is 25.7 Å². The third kappa shape index (κ3) is 3.05. The van der Waals surface area contributed by atoms with Gasteiger partial charge in [0.05, 0.1) is 6.67 Å². The molecule has 1 N–H and O–H groups in total. The van der Waals surface area contributed by atoms with E-state index in [9.17, 15) is 9.59 Å². The van der Waals surface area contributed by atoms with E-state index in [0.29, 0.717) is 13.2 Å². The van der Waals surface area contributed by atoms with Crippen molar-refractivity contribution in [2.75, 3.05) is 13.7 Å². The molecule has 3 rings (SSSR count). The third-order valence-electron chi connectivity index (χ3n) is 5.46. The van der Waals surface area contributed by atoms with Gasteiger partial charge in [0, 0.05) is 6.54 Å². The molecule has 1 heterocycles. The summed E-state index contributed by atoms with van der Waals surface area (Å²) in [7, 11) is 1.94. The molecule has 2 atom stereocenters. The van der Waals surface area contributed by atoms with Crippen LogP contribution in [-0.4, -0.2) is 41.0 Å². The summed E-state index contributed by atoms with van der Waals surface area (Å²) in [6.45, 7) is 5.18. The van der Waals surface area contributed by atoms with Crippen molar-refractivity contribution in [2.45, 2.75) is 51.6 Å². The van der Waals surface area contributed by atoms with E-state index in [1.807, 2.05) is 11.9 Å². The Morgan fingerprint density at radius 1 is 1.25 bits per heavy atom. The van der Waals surface area contributed by atoms with Gasteiger partial charge in [-0.2, -0.15) is 0 Å². The lowest BCUT2D eigenvalue weighted by Crippen LogP contribution is -2.54. The van der Waals surface area contributed by atoms with Crippen molar-refractivity contribution in [3.05, 3.63) is 35.4 Å². The summed E-state index contributed by atoms with van der Waals surface area (Å²) >= 11 is 0. The first-order valence-corrected chi connectivity index (χ1v) is 8.80. The monoisotopic (exact) mass is 329 g/mol. The zero-order valence-electron chi connectivity index (χ0n) is 14.8. The topological polar surface area (TPSA) is 52.6 Å². The maximum atomic E-state index is 13.0. The second kappa shape index (κ2) is 6.55.